The van der Waals surface area contributed by atoms with Crippen molar-refractivity contribution in [2.24, 2.45) is 5.92 Å². The van der Waals surface area contributed by atoms with Crippen LogP contribution in [-0.2, 0) is 17.8 Å². The average molecular weight is 362 g/mol. The number of rotatable bonds is 3. The van der Waals surface area contributed by atoms with Crippen molar-refractivity contribution in [1.82, 2.24) is 9.80 Å². The van der Waals surface area contributed by atoms with Crippen LogP contribution in [0, 0.1) is 5.92 Å². The fourth-order valence-electron chi connectivity index (χ4n) is 4.03. The largest absolute Gasteiger partial charge is 0.336 e. The summed E-state index contributed by atoms with van der Waals surface area (Å²) in [6, 6.07) is 14.1. The van der Waals surface area contributed by atoms with Gasteiger partial charge in [-0.25, -0.2) is 0 Å². The zero-order valence-corrected chi connectivity index (χ0v) is 15.5. The summed E-state index contributed by atoms with van der Waals surface area (Å²) < 4.78 is 0. The highest BCUT2D eigenvalue weighted by atomic mass is 16.2. The molecule has 2 aromatic rings. The topological polar surface area (TPSA) is 57.7 Å². The normalized spacial score (nSPS) is 17.1. The van der Waals surface area contributed by atoms with Crippen LogP contribution in [0.1, 0.15) is 45.7 Å². The van der Waals surface area contributed by atoms with E-state index in [1.54, 1.807) is 29.2 Å². The maximum atomic E-state index is 13.4. The van der Waals surface area contributed by atoms with Crippen LogP contribution >= 0.6 is 0 Å². The van der Waals surface area contributed by atoms with Crippen molar-refractivity contribution >= 4 is 17.7 Å². The second kappa shape index (κ2) is 6.65. The van der Waals surface area contributed by atoms with Crippen LogP contribution < -0.4 is 0 Å². The van der Waals surface area contributed by atoms with E-state index in [4.69, 9.17) is 0 Å². The molecule has 0 bridgehead atoms. The van der Waals surface area contributed by atoms with E-state index >= 15 is 0 Å². The summed E-state index contributed by atoms with van der Waals surface area (Å²) in [7, 11) is 0. The minimum Gasteiger partial charge on any atom is -0.336 e. The molecule has 1 atom stereocenters. The van der Waals surface area contributed by atoms with E-state index < -0.39 is 6.04 Å². The van der Waals surface area contributed by atoms with Crippen molar-refractivity contribution in [2.75, 3.05) is 6.54 Å². The molecule has 0 N–H and O–H groups in total. The van der Waals surface area contributed by atoms with Gasteiger partial charge < -0.3 is 4.90 Å². The van der Waals surface area contributed by atoms with Crippen molar-refractivity contribution in [3.05, 3.63) is 70.8 Å². The third-order valence-electron chi connectivity index (χ3n) is 5.43. The Bertz CT molecular complexity index is 900. The first-order valence-electron chi connectivity index (χ1n) is 9.31. The molecule has 5 nitrogen and oxygen atoms in total. The van der Waals surface area contributed by atoms with Crippen molar-refractivity contribution in [2.45, 2.75) is 32.9 Å². The van der Waals surface area contributed by atoms with E-state index in [0.29, 0.717) is 24.2 Å². The third-order valence-corrected chi connectivity index (χ3v) is 5.43. The number of benzene rings is 2. The van der Waals surface area contributed by atoms with Crippen molar-refractivity contribution in [1.29, 1.82) is 0 Å². The van der Waals surface area contributed by atoms with E-state index in [2.05, 4.69) is 6.07 Å². The quantitative estimate of drug-likeness (QED) is 0.789. The SMILES string of the molecule is CC(C)C(C(=O)N1CCc2ccccc2C1)N1C(=O)c2ccccc2C1=O. The Morgan fingerprint density at radius 1 is 0.889 bits per heavy atom. The van der Waals surface area contributed by atoms with Crippen LogP contribution in [-0.4, -0.2) is 40.1 Å². The number of imide groups is 1. The standard InChI is InChI=1S/C22H22N2O3/c1-14(2)19(24-20(25)17-9-5-6-10-18(17)21(24)26)22(27)23-12-11-15-7-3-4-8-16(15)13-23/h3-10,14,19H,11-13H2,1-2H3. The lowest BCUT2D eigenvalue weighted by atomic mass is 9.96. The minimum atomic E-state index is -0.789. The molecule has 2 aliphatic heterocycles. The van der Waals surface area contributed by atoms with Crippen LogP contribution in [0.2, 0.25) is 0 Å². The van der Waals surface area contributed by atoms with E-state index in [-0.39, 0.29) is 23.6 Å². The highest BCUT2D eigenvalue weighted by Crippen LogP contribution is 2.29. The first kappa shape index (κ1) is 17.5. The van der Waals surface area contributed by atoms with Gasteiger partial charge in [-0.3, -0.25) is 19.3 Å². The first-order valence-corrected chi connectivity index (χ1v) is 9.31. The summed E-state index contributed by atoms with van der Waals surface area (Å²) in [5.74, 6) is -1.08. The molecule has 27 heavy (non-hydrogen) atoms. The molecule has 2 heterocycles. The third kappa shape index (κ3) is 2.83. The number of hydrogen-bond donors (Lipinski definition) is 0. The maximum absolute atomic E-state index is 13.4. The number of amides is 3. The Balaban J connectivity index is 1.64. The Morgan fingerprint density at radius 3 is 2.04 bits per heavy atom. The molecular formula is C22H22N2O3. The first-order chi connectivity index (χ1) is 13.0. The predicted molar refractivity (Wildman–Crippen MR) is 101 cm³/mol. The lowest BCUT2D eigenvalue weighted by molar-refractivity contribution is -0.137. The van der Waals surface area contributed by atoms with Gasteiger partial charge in [0.25, 0.3) is 11.8 Å². The number of fused-ring (bicyclic) bond motifs is 2. The summed E-state index contributed by atoms with van der Waals surface area (Å²) in [5.41, 5.74) is 3.14. The molecule has 0 saturated heterocycles. The molecule has 0 spiro atoms. The predicted octanol–water partition coefficient (Wildman–Crippen LogP) is 2.89. The lowest BCUT2D eigenvalue weighted by Gasteiger charge is -2.36. The zero-order valence-electron chi connectivity index (χ0n) is 15.5. The van der Waals surface area contributed by atoms with Gasteiger partial charge in [0.2, 0.25) is 5.91 Å². The second-order valence-electron chi connectivity index (χ2n) is 7.49. The smallest absolute Gasteiger partial charge is 0.262 e. The molecular weight excluding hydrogens is 340 g/mol. The fourth-order valence-corrected chi connectivity index (χ4v) is 4.03. The molecule has 0 saturated carbocycles. The Morgan fingerprint density at radius 2 is 1.44 bits per heavy atom. The highest BCUT2D eigenvalue weighted by Gasteiger charge is 2.45. The number of nitrogens with zero attached hydrogens (tertiary/aromatic N) is 2. The summed E-state index contributed by atoms with van der Waals surface area (Å²) in [6.45, 7) is 4.87. The number of carbonyl (C=O) groups excluding carboxylic acids is 3. The van der Waals surface area contributed by atoms with E-state index in [9.17, 15) is 14.4 Å². The van der Waals surface area contributed by atoms with E-state index in [1.165, 1.54) is 5.56 Å². The van der Waals surface area contributed by atoms with Gasteiger partial charge in [-0.1, -0.05) is 50.2 Å². The number of hydrogen-bond acceptors (Lipinski definition) is 3. The molecule has 3 amide bonds. The van der Waals surface area contributed by atoms with Gasteiger partial charge in [-0.05, 0) is 35.6 Å². The van der Waals surface area contributed by atoms with Gasteiger partial charge in [0.05, 0.1) is 11.1 Å². The van der Waals surface area contributed by atoms with Crippen molar-refractivity contribution in [3.8, 4) is 0 Å². The van der Waals surface area contributed by atoms with Gasteiger partial charge in [0, 0.05) is 13.1 Å². The molecule has 0 radical (unpaired) electrons. The molecule has 0 fully saturated rings. The minimum absolute atomic E-state index is 0.158. The van der Waals surface area contributed by atoms with Gasteiger partial charge in [-0.15, -0.1) is 0 Å². The van der Waals surface area contributed by atoms with Crippen LogP contribution in [0.3, 0.4) is 0 Å². The lowest BCUT2D eigenvalue weighted by Crippen LogP contribution is -2.54. The summed E-state index contributed by atoms with van der Waals surface area (Å²) >= 11 is 0. The fraction of sp³-hybridized carbons (Fsp3) is 0.318. The molecule has 138 valence electrons. The van der Waals surface area contributed by atoms with Gasteiger partial charge in [-0.2, -0.15) is 0 Å². The summed E-state index contributed by atoms with van der Waals surface area (Å²) in [6.07, 6.45) is 0.787. The molecule has 2 aromatic carbocycles. The van der Waals surface area contributed by atoms with E-state index in [1.807, 2.05) is 32.0 Å². The molecule has 5 heteroatoms. The molecule has 0 aliphatic carbocycles. The Labute approximate surface area is 158 Å². The van der Waals surface area contributed by atoms with Gasteiger partial charge >= 0.3 is 0 Å². The molecule has 0 aromatic heterocycles. The van der Waals surface area contributed by atoms with Crippen LogP contribution in [0.4, 0.5) is 0 Å². The summed E-state index contributed by atoms with van der Waals surface area (Å²) in [5, 5.41) is 0. The second-order valence-corrected chi connectivity index (χ2v) is 7.49. The number of carbonyl (C=O) groups is 3. The van der Waals surface area contributed by atoms with Crippen molar-refractivity contribution in [3.63, 3.8) is 0 Å². The van der Waals surface area contributed by atoms with Crippen molar-refractivity contribution < 1.29 is 14.4 Å². The molecule has 4 rings (SSSR count). The Kier molecular flexibility index (Phi) is 4.30. The zero-order chi connectivity index (χ0) is 19.1. The average Bonchev–Trinajstić information content (AvgIpc) is 2.93. The maximum Gasteiger partial charge on any atom is 0.262 e. The molecule has 2 aliphatic rings. The molecule has 1 unspecified atom stereocenters. The van der Waals surface area contributed by atoms with Crippen LogP contribution in [0.5, 0.6) is 0 Å². The monoisotopic (exact) mass is 362 g/mol. The van der Waals surface area contributed by atoms with E-state index in [0.717, 1.165) is 16.9 Å². The van der Waals surface area contributed by atoms with Gasteiger partial charge in [0.15, 0.2) is 0 Å². The van der Waals surface area contributed by atoms with Gasteiger partial charge in [0.1, 0.15) is 6.04 Å². The highest BCUT2D eigenvalue weighted by molar-refractivity contribution is 6.22. The van der Waals surface area contributed by atoms with Crippen LogP contribution in [0.15, 0.2) is 48.5 Å². The summed E-state index contributed by atoms with van der Waals surface area (Å²) in [4.78, 5) is 42.0. The van der Waals surface area contributed by atoms with Crippen LogP contribution in [0.25, 0.3) is 0 Å². The Hall–Kier alpha value is -2.95.